The number of nitrogens with zero attached hydrogens (tertiary/aromatic N) is 3. The maximum atomic E-state index is 12.6. The number of carbonyl (C=O) groups is 2. The van der Waals surface area contributed by atoms with E-state index in [0.717, 1.165) is 12.0 Å². The number of nitrogens with one attached hydrogen (secondary N) is 2. The van der Waals surface area contributed by atoms with Crippen molar-refractivity contribution >= 4 is 11.8 Å². The molecule has 8 nitrogen and oxygen atoms in total. The van der Waals surface area contributed by atoms with Crippen molar-refractivity contribution in [3.63, 3.8) is 0 Å². The van der Waals surface area contributed by atoms with Gasteiger partial charge in [0.1, 0.15) is 0 Å². The number of likely N-dealkylation sites (tertiary alicyclic amines) is 2. The highest BCUT2D eigenvalue weighted by atomic mass is 16.2. The van der Waals surface area contributed by atoms with Crippen LogP contribution >= 0.6 is 0 Å². The highest BCUT2D eigenvalue weighted by Gasteiger charge is 2.47. The van der Waals surface area contributed by atoms with Gasteiger partial charge >= 0.3 is 0 Å². The van der Waals surface area contributed by atoms with Crippen LogP contribution in [0.3, 0.4) is 0 Å². The summed E-state index contributed by atoms with van der Waals surface area (Å²) in [5.74, 6) is -0.281. The Bertz CT molecular complexity index is 873. The predicted molar refractivity (Wildman–Crippen MR) is 89.0 cm³/mol. The van der Waals surface area contributed by atoms with Crippen molar-refractivity contribution < 1.29 is 9.59 Å². The van der Waals surface area contributed by atoms with Gasteiger partial charge in [-0.3, -0.25) is 19.5 Å². The fourth-order valence-electron chi connectivity index (χ4n) is 3.75. The average Bonchev–Trinajstić information content (AvgIpc) is 3.30. The molecule has 2 aromatic rings. The number of aromatic nitrogens is 3. The van der Waals surface area contributed by atoms with Gasteiger partial charge in [-0.25, -0.2) is 0 Å². The molecule has 25 heavy (non-hydrogen) atoms. The maximum absolute atomic E-state index is 12.6. The summed E-state index contributed by atoms with van der Waals surface area (Å²) < 4.78 is 0. The Kier molecular flexibility index (Phi) is 3.67. The maximum Gasteiger partial charge on any atom is 0.278 e. The number of H-pyrrole nitrogens is 2. The van der Waals surface area contributed by atoms with E-state index in [2.05, 4.69) is 15.2 Å². The second kappa shape index (κ2) is 5.87. The molecular weight excluding hydrogens is 322 g/mol. The van der Waals surface area contributed by atoms with E-state index in [1.54, 1.807) is 18.0 Å². The minimum Gasteiger partial charge on any atom is -0.367 e. The molecule has 4 heterocycles. The summed E-state index contributed by atoms with van der Waals surface area (Å²) in [6.45, 7) is 2.69. The minimum absolute atomic E-state index is 0.0184. The second-order valence-corrected chi connectivity index (χ2v) is 6.71. The fourth-order valence-corrected chi connectivity index (χ4v) is 3.75. The Hall–Kier alpha value is -2.90. The summed E-state index contributed by atoms with van der Waals surface area (Å²) in [6, 6.07) is 3.23. The van der Waals surface area contributed by atoms with Crippen LogP contribution in [-0.2, 0) is 11.2 Å². The van der Waals surface area contributed by atoms with Crippen LogP contribution in [0.25, 0.3) is 0 Å². The van der Waals surface area contributed by atoms with Gasteiger partial charge in [-0.05, 0) is 25.0 Å². The minimum atomic E-state index is -0.371. The van der Waals surface area contributed by atoms with Crippen LogP contribution in [0.2, 0.25) is 0 Å². The van der Waals surface area contributed by atoms with Crippen molar-refractivity contribution in [1.82, 2.24) is 25.0 Å². The monoisotopic (exact) mass is 341 g/mol. The number of piperazine rings is 1. The van der Waals surface area contributed by atoms with Gasteiger partial charge in [-0.15, -0.1) is 0 Å². The van der Waals surface area contributed by atoms with Gasteiger partial charge in [0.25, 0.3) is 5.91 Å². The molecular formula is C17H19N5O3. The zero-order valence-electron chi connectivity index (χ0n) is 13.9. The number of amides is 2. The first-order valence-corrected chi connectivity index (χ1v) is 8.31. The standard InChI is InChI=1S/C17H19N5O3/c1-10-4-14(23)16(20-19-10)17(25)22-9-12-6-13(22)8-21(12)15(24)5-11-2-3-18-7-11/h2-4,7,12-13,18H,5-6,8-9H2,1H3,(H,19,23)/t12-,13-/m0/s1. The predicted octanol–water partition coefficient (Wildman–Crippen LogP) is 0.0744. The lowest BCUT2D eigenvalue weighted by molar-refractivity contribution is -0.132. The normalized spacial score (nSPS) is 21.8. The second-order valence-electron chi connectivity index (χ2n) is 6.71. The number of hydrogen-bond donors (Lipinski definition) is 2. The highest BCUT2D eigenvalue weighted by molar-refractivity contribution is 5.93. The molecule has 0 aromatic carbocycles. The van der Waals surface area contributed by atoms with Crippen LogP contribution in [0, 0.1) is 6.92 Å². The van der Waals surface area contributed by atoms with Crippen molar-refractivity contribution in [2.24, 2.45) is 0 Å². The molecule has 2 N–H and O–H groups in total. The van der Waals surface area contributed by atoms with Crippen molar-refractivity contribution in [2.45, 2.75) is 31.8 Å². The number of fused-ring (bicyclic) bond motifs is 2. The third-order valence-electron chi connectivity index (χ3n) is 4.97. The molecule has 130 valence electrons. The Morgan fingerprint density at radius 1 is 1.28 bits per heavy atom. The molecule has 2 aliphatic rings. The lowest BCUT2D eigenvalue weighted by atomic mass is 10.2. The molecule has 0 saturated carbocycles. The summed E-state index contributed by atoms with van der Waals surface area (Å²) in [7, 11) is 0. The Morgan fingerprint density at radius 3 is 2.68 bits per heavy atom. The van der Waals surface area contributed by atoms with Crippen LogP contribution < -0.4 is 5.43 Å². The van der Waals surface area contributed by atoms with Crippen molar-refractivity contribution in [3.05, 3.63) is 51.7 Å². The zero-order chi connectivity index (χ0) is 17.6. The Morgan fingerprint density at radius 2 is 2.04 bits per heavy atom. The van der Waals surface area contributed by atoms with Crippen LogP contribution in [0.5, 0.6) is 0 Å². The largest absolute Gasteiger partial charge is 0.367 e. The van der Waals surface area contributed by atoms with Crippen LogP contribution in [0.4, 0.5) is 0 Å². The summed E-state index contributed by atoms with van der Waals surface area (Å²) >= 11 is 0. The molecule has 2 fully saturated rings. The van der Waals surface area contributed by atoms with E-state index in [1.165, 1.54) is 6.07 Å². The molecule has 0 unspecified atom stereocenters. The number of hydrogen-bond acceptors (Lipinski definition) is 4. The molecule has 2 aromatic heterocycles. The van der Waals surface area contributed by atoms with Gasteiger partial charge < -0.3 is 14.8 Å². The Labute approximate surface area is 143 Å². The van der Waals surface area contributed by atoms with Crippen LogP contribution in [-0.4, -0.2) is 62.0 Å². The van der Waals surface area contributed by atoms with Crippen molar-refractivity contribution in [1.29, 1.82) is 0 Å². The molecule has 0 radical (unpaired) electrons. The summed E-state index contributed by atoms with van der Waals surface area (Å²) in [5, 5.41) is 6.57. The molecule has 2 atom stereocenters. The first kappa shape index (κ1) is 15.6. The van der Waals surface area contributed by atoms with Gasteiger partial charge in [0.15, 0.2) is 5.69 Å². The van der Waals surface area contributed by atoms with E-state index in [1.807, 2.05) is 17.2 Å². The number of carbonyl (C=O) groups excluding carboxylic acids is 2. The quantitative estimate of drug-likeness (QED) is 0.825. The van der Waals surface area contributed by atoms with E-state index in [-0.39, 0.29) is 35.0 Å². The zero-order valence-corrected chi connectivity index (χ0v) is 13.9. The molecule has 8 heteroatoms. The van der Waals surface area contributed by atoms with Gasteiger partial charge in [0.05, 0.1) is 18.5 Å². The molecule has 0 spiro atoms. The van der Waals surface area contributed by atoms with Gasteiger partial charge in [0, 0.05) is 37.2 Å². The summed E-state index contributed by atoms with van der Waals surface area (Å²) in [4.78, 5) is 43.6. The van der Waals surface area contributed by atoms with Gasteiger partial charge in [0.2, 0.25) is 11.3 Å². The van der Waals surface area contributed by atoms with Crippen molar-refractivity contribution in [2.75, 3.05) is 13.1 Å². The average molecular weight is 341 g/mol. The van der Waals surface area contributed by atoms with Crippen molar-refractivity contribution in [3.8, 4) is 0 Å². The molecule has 2 bridgehead atoms. The summed E-state index contributed by atoms with van der Waals surface area (Å²) in [5.41, 5.74) is 1.12. The lowest BCUT2D eigenvalue weighted by Gasteiger charge is -2.34. The van der Waals surface area contributed by atoms with E-state index in [0.29, 0.717) is 25.2 Å². The molecule has 2 amide bonds. The van der Waals surface area contributed by atoms with Gasteiger partial charge in [-0.2, -0.15) is 5.10 Å². The van der Waals surface area contributed by atoms with E-state index >= 15 is 0 Å². The molecule has 0 aliphatic carbocycles. The fraction of sp³-hybridized carbons (Fsp3) is 0.412. The summed E-state index contributed by atoms with van der Waals surface area (Å²) in [6.07, 6.45) is 4.73. The van der Waals surface area contributed by atoms with Crippen LogP contribution in [0.1, 0.15) is 28.2 Å². The molecule has 2 saturated heterocycles. The third kappa shape index (κ3) is 2.73. The van der Waals surface area contributed by atoms with Crippen LogP contribution in [0.15, 0.2) is 29.3 Å². The topological polar surface area (TPSA) is 102 Å². The van der Waals surface area contributed by atoms with E-state index in [9.17, 15) is 14.4 Å². The number of aromatic amines is 2. The molecule has 2 aliphatic heterocycles. The number of aryl methyl sites for hydroxylation is 1. The Balaban J connectivity index is 1.45. The van der Waals surface area contributed by atoms with E-state index in [4.69, 9.17) is 0 Å². The molecule has 4 rings (SSSR count). The van der Waals surface area contributed by atoms with E-state index < -0.39 is 0 Å². The highest BCUT2D eigenvalue weighted by Crippen LogP contribution is 2.31. The first-order valence-electron chi connectivity index (χ1n) is 8.31. The SMILES string of the molecule is Cc1cc(=O)c(C(=O)N2C[C@@H]3C[C@H]2CN3C(=O)Cc2cc[nH]c2)n[nH]1. The number of rotatable bonds is 3. The smallest absolute Gasteiger partial charge is 0.278 e. The third-order valence-corrected chi connectivity index (χ3v) is 4.97. The van der Waals surface area contributed by atoms with Gasteiger partial charge in [-0.1, -0.05) is 0 Å². The first-order chi connectivity index (χ1) is 12.0. The lowest BCUT2D eigenvalue weighted by Crippen LogP contribution is -2.51.